The summed E-state index contributed by atoms with van der Waals surface area (Å²) in [6.07, 6.45) is 0. The van der Waals surface area contributed by atoms with Gasteiger partial charge in [0.05, 0.1) is 4.88 Å². The topological polar surface area (TPSA) is 17.1 Å². The Bertz CT molecular complexity index is 525. The number of hydrogen-bond acceptors (Lipinski definition) is 2. The quantitative estimate of drug-likeness (QED) is 0.708. The van der Waals surface area contributed by atoms with Crippen LogP contribution in [0.3, 0.4) is 0 Å². The minimum Gasteiger partial charge on any atom is -0.294 e. The fraction of sp³-hybridized carbons (Fsp3) is 0.0833. The minimum atomic E-state index is 0.0735. The molecule has 1 nitrogen and oxygen atoms in total. The minimum absolute atomic E-state index is 0.0735. The van der Waals surface area contributed by atoms with Gasteiger partial charge in [-0.2, -0.15) is 0 Å². The first kappa shape index (κ1) is 11.6. The van der Waals surface area contributed by atoms with Crippen LogP contribution in [0.1, 0.15) is 16.6 Å². The van der Waals surface area contributed by atoms with E-state index in [9.17, 15) is 4.79 Å². The Hall–Kier alpha value is -0.830. The van der Waals surface area contributed by atoms with Crippen molar-refractivity contribution in [1.29, 1.82) is 0 Å². The molecule has 4 heteroatoms. The SMILES string of the molecule is CC(=O)c1ccc(-c2cc(Cl)cc(Cl)c2)s1. The summed E-state index contributed by atoms with van der Waals surface area (Å²) in [6, 6.07) is 9.08. The van der Waals surface area contributed by atoms with Gasteiger partial charge in [0.1, 0.15) is 0 Å². The Labute approximate surface area is 108 Å². The maximum absolute atomic E-state index is 11.2. The molecule has 0 aliphatic carbocycles. The number of rotatable bonds is 2. The van der Waals surface area contributed by atoms with Gasteiger partial charge in [0.15, 0.2) is 5.78 Å². The van der Waals surface area contributed by atoms with Gasteiger partial charge in [0, 0.05) is 14.9 Å². The molecule has 1 heterocycles. The van der Waals surface area contributed by atoms with E-state index in [4.69, 9.17) is 23.2 Å². The van der Waals surface area contributed by atoms with Crippen molar-refractivity contribution in [3.8, 4) is 10.4 Å². The first-order chi connectivity index (χ1) is 7.56. The van der Waals surface area contributed by atoms with Gasteiger partial charge in [0.2, 0.25) is 0 Å². The van der Waals surface area contributed by atoms with Gasteiger partial charge in [-0.1, -0.05) is 23.2 Å². The maximum Gasteiger partial charge on any atom is 0.169 e. The van der Waals surface area contributed by atoms with E-state index in [1.54, 1.807) is 13.0 Å². The van der Waals surface area contributed by atoms with E-state index in [2.05, 4.69) is 0 Å². The summed E-state index contributed by atoms with van der Waals surface area (Å²) >= 11 is 13.3. The molecular weight excluding hydrogens is 263 g/mol. The lowest BCUT2D eigenvalue weighted by Gasteiger charge is -1.99. The van der Waals surface area contributed by atoms with E-state index in [0.717, 1.165) is 15.3 Å². The average Bonchev–Trinajstić information content (AvgIpc) is 2.64. The monoisotopic (exact) mass is 270 g/mol. The molecule has 16 heavy (non-hydrogen) atoms. The summed E-state index contributed by atoms with van der Waals surface area (Å²) in [5, 5.41) is 1.19. The van der Waals surface area contributed by atoms with Crippen molar-refractivity contribution in [2.75, 3.05) is 0 Å². The second kappa shape index (κ2) is 4.58. The average molecular weight is 271 g/mol. The number of carbonyl (C=O) groups excluding carboxylic acids is 1. The van der Waals surface area contributed by atoms with Crippen LogP contribution in [0, 0.1) is 0 Å². The smallest absolute Gasteiger partial charge is 0.169 e. The molecule has 0 N–H and O–H groups in total. The predicted molar refractivity (Wildman–Crippen MR) is 69.8 cm³/mol. The van der Waals surface area contributed by atoms with E-state index in [-0.39, 0.29) is 5.78 Å². The Balaban J connectivity index is 2.46. The van der Waals surface area contributed by atoms with Crippen molar-refractivity contribution in [3.63, 3.8) is 0 Å². The van der Waals surface area contributed by atoms with Gasteiger partial charge in [-0.3, -0.25) is 4.79 Å². The Morgan fingerprint density at radius 2 is 1.75 bits per heavy atom. The second-order valence-corrected chi connectivity index (χ2v) is 5.33. The van der Waals surface area contributed by atoms with Crippen LogP contribution in [-0.4, -0.2) is 5.78 Å². The van der Waals surface area contributed by atoms with Crippen molar-refractivity contribution in [2.24, 2.45) is 0 Å². The Morgan fingerprint density at radius 1 is 1.12 bits per heavy atom. The highest BCUT2D eigenvalue weighted by atomic mass is 35.5. The molecule has 0 aliphatic rings. The molecule has 0 amide bonds. The number of carbonyl (C=O) groups is 1. The van der Waals surface area contributed by atoms with Crippen LogP contribution in [0.2, 0.25) is 10.0 Å². The van der Waals surface area contributed by atoms with E-state index in [1.165, 1.54) is 11.3 Å². The number of hydrogen-bond donors (Lipinski definition) is 0. The van der Waals surface area contributed by atoms with Crippen LogP contribution < -0.4 is 0 Å². The molecule has 82 valence electrons. The van der Waals surface area contributed by atoms with Crippen molar-refractivity contribution in [1.82, 2.24) is 0 Å². The third-order valence-electron chi connectivity index (χ3n) is 2.10. The first-order valence-corrected chi connectivity index (χ1v) is 6.21. The fourth-order valence-corrected chi connectivity index (χ4v) is 2.79. The molecule has 0 atom stereocenters. The third-order valence-corrected chi connectivity index (χ3v) is 3.77. The van der Waals surface area contributed by atoms with Crippen molar-refractivity contribution in [2.45, 2.75) is 6.92 Å². The molecule has 2 rings (SSSR count). The van der Waals surface area contributed by atoms with Crippen LogP contribution in [0.5, 0.6) is 0 Å². The molecule has 0 aliphatic heterocycles. The lowest BCUT2D eigenvalue weighted by atomic mass is 10.2. The van der Waals surface area contributed by atoms with Crippen molar-refractivity contribution >= 4 is 40.3 Å². The molecule has 0 bridgehead atoms. The molecule has 0 radical (unpaired) electrons. The van der Waals surface area contributed by atoms with Crippen LogP contribution in [0.4, 0.5) is 0 Å². The summed E-state index contributed by atoms with van der Waals surface area (Å²) in [7, 11) is 0. The zero-order valence-electron chi connectivity index (χ0n) is 8.46. The largest absolute Gasteiger partial charge is 0.294 e. The van der Waals surface area contributed by atoms with Crippen LogP contribution in [0.25, 0.3) is 10.4 Å². The zero-order valence-corrected chi connectivity index (χ0v) is 10.8. The van der Waals surface area contributed by atoms with Gasteiger partial charge < -0.3 is 0 Å². The van der Waals surface area contributed by atoms with Gasteiger partial charge >= 0.3 is 0 Å². The highest BCUT2D eigenvalue weighted by Gasteiger charge is 2.07. The molecule has 0 saturated heterocycles. The van der Waals surface area contributed by atoms with E-state index < -0.39 is 0 Å². The second-order valence-electron chi connectivity index (χ2n) is 3.38. The molecule has 0 unspecified atom stereocenters. The summed E-state index contributed by atoms with van der Waals surface area (Å²) in [5.74, 6) is 0.0735. The fourth-order valence-electron chi connectivity index (χ4n) is 1.38. The molecular formula is C12H8Cl2OS. The highest BCUT2D eigenvalue weighted by molar-refractivity contribution is 7.17. The van der Waals surface area contributed by atoms with Gasteiger partial charge in [-0.05, 0) is 42.8 Å². The van der Waals surface area contributed by atoms with Crippen molar-refractivity contribution < 1.29 is 4.79 Å². The van der Waals surface area contributed by atoms with Crippen LogP contribution >= 0.6 is 34.5 Å². The van der Waals surface area contributed by atoms with Crippen LogP contribution in [0.15, 0.2) is 30.3 Å². The number of ketones is 1. The van der Waals surface area contributed by atoms with Crippen LogP contribution in [-0.2, 0) is 0 Å². The number of halogens is 2. The lowest BCUT2D eigenvalue weighted by molar-refractivity contribution is 0.102. The molecule has 0 spiro atoms. The predicted octanol–water partition coefficient (Wildman–Crippen LogP) is 4.92. The number of thiophene rings is 1. The number of Topliss-reactive ketones (excluding diaryl/α,β-unsaturated/α-hetero) is 1. The molecule has 0 saturated carbocycles. The molecule has 1 aromatic carbocycles. The highest BCUT2D eigenvalue weighted by Crippen LogP contribution is 2.32. The summed E-state index contributed by atoms with van der Waals surface area (Å²) < 4.78 is 0. The standard InChI is InChI=1S/C12H8Cl2OS/c1-7(15)11-2-3-12(16-11)8-4-9(13)6-10(14)5-8/h2-6H,1H3. The maximum atomic E-state index is 11.2. The summed E-state index contributed by atoms with van der Waals surface area (Å²) in [6.45, 7) is 1.56. The van der Waals surface area contributed by atoms with Crippen molar-refractivity contribution in [3.05, 3.63) is 45.3 Å². The molecule has 2 aromatic rings. The van der Waals surface area contributed by atoms with Gasteiger partial charge in [-0.25, -0.2) is 0 Å². The Kier molecular flexibility index (Phi) is 3.33. The van der Waals surface area contributed by atoms with Gasteiger partial charge in [-0.15, -0.1) is 11.3 Å². The third kappa shape index (κ3) is 2.46. The molecule has 1 aromatic heterocycles. The van der Waals surface area contributed by atoms with Gasteiger partial charge in [0.25, 0.3) is 0 Å². The van der Waals surface area contributed by atoms with E-state index in [0.29, 0.717) is 10.0 Å². The summed E-state index contributed by atoms with van der Waals surface area (Å²) in [4.78, 5) is 12.9. The lowest BCUT2D eigenvalue weighted by Crippen LogP contribution is -1.83. The first-order valence-electron chi connectivity index (χ1n) is 4.63. The normalized spacial score (nSPS) is 10.4. The zero-order chi connectivity index (χ0) is 11.7. The molecule has 0 fully saturated rings. The summed E-state index contributed by atoms with van der Waals surface area (Å²) in [5.41, 5.74) is 0.940. The number of benzene rings is 1. The van der Waals surface area contributed by atoms with E-state index >= 15 is 0 Å². The Morgan fingerprint density at radius 3 is 2.25 bits per heavy atom. The van der Waals surface area contributed by atoms with E-state index in [1.807, 2.05) is 24.3 Å².